The van der Waals surface area contributed by atoms with E-state index < -0.39 is 63.9 Å². The van der Waals surface area contributed by atoms with Crippen LogP contribution in [0.5, 0.6) is 0 Å². The molecule has 0 radical (unpaired) electrons. The Bertz CT molecular complexity index is 1800. The van der Waals surface area contributed by atoms with Gasteiger partial charge < -0.3 is 20.2 Å². The number of amides is 1. The molecule has 45 heavy (non-hydrogen) atoms. The summed E-state index contributed by atoms with van der Waals surface area (Å²) < 4.78 is 39.0. The molecule has 8 nitrogen and oxygen atoms in total. The lowest BCUT2D eigenvalue weighted by atomic mass is 9.86. The molecule has 1 unspecified atom stereocenters. The van der Waals surface area contributed by atoms with Crippen LogP contribution in [0.2, 0.25) is 0 Å². The maximum Gasteiger partial charge on any atom is 0.416 e. The molecule has 0 heterocycles. The Labute approximate surface area is 255 Å². The van der Waals surface area contributed by atoms with Gasteiger partial charge in [0.25, 0.3) is 5.91 Å². The van der Waals surface area contributed by atoms with Gasteiger partial charge in [0, 0.05) is 6.54 Å². The summed E-state index contributed by atoms with van der Waals surface area (Å²) >= 11 is 0. The van der Waals surface area contributed by atoms with E-state index in [1.165, 1.54) is 17.0 Å². The van der Waals surface area contributed by atoms with E-state index in [9.17, 15) is 47.7 Å². The summed E-state index contributed by atoms with van der Waals surface area (Å²) in [4.78, 5) is 51.6. The first-order chi connectivity index (χ1) is 21.3. The van der Waals surface area contributed by atoms with E-state index in [0.717, 1.165) is 42.2 Å². The first-order valence-electron chi connectivity index (χ1n) is 13.9. The summed E-state index contributed by atoms with van der Waals surface area (Å²) in [6.07, 6.45) is -2.43. The number of rotatable bonds is 8. The summed E-state index contributed by atoms with van der Waals surface area (Å²) in [5.41, 5.74) is 0.319. The van der Waals surface area contributed by atoms with Gasteiger partial charge in [0.2, 0.25) is 0 Å². The minimum absolute atomic E-state index is 0.0206. The third-order valence-electron chi connectivity index (χ3n) is 7.91. The quantitative estimate of drug-likeness (QED) is 0.191. The van der Waals surface area contributed by atoms with Gasteiger partial charge in [0.15, 0.2) is 0 Å². The Kier molecular flexibility index (Phi) is 8.45. The fourth-order valence-corrected chi connectivity index (χ4v) is 5.69. The fourth-order valence-electron chi connectivity index (χ4n) is 5.69. The van der Waals surface area contributed by atoms with Crippen molar-refractivity contribution >= 4 is 23.8 Å². The molecule has 1 aliphatic carbocycles. The smallest absolute Gasteiger partial charge is 0.416 e. The maximum atomic E-state index is 14.3. The van der Waals surface area contributed by atoms with Gasteiger partial charge in [0.1, 0.15) is 0 Å². The van der Waals surface area contributed by atoms with Crippen molar-refractivity contribution in [2.75, 3.05) is 0 Å². The predicted octanol–water partition coefficient (Wildman–Crippen LogP) is 7.19. The van der Waals surface area contributed by atoms with Gasteiger partial charge in [-0.25, -0.2) is 14.4 Å². The van der Waals surface area contributed by atoms with Crippen LogP contribution in [0.4, 0.5) is 13.2 Å². The molecule has 0 fully saturated rings. The molecule has 0 saturated carbocycles. The molecule has 5 rings (SSSR count). The van der Waals surface area contributed by atoms with Crippen molar-refractivity contribution in [2.24, 2.45) is 0 Å². The fraction of sp³-hybridized carbons (Fsp3) is 0.176. The van der Waals surface area contributed by atoms with Crippen molar-refractivity contribution < 1.29 is 47.7 Å². The van der Waals surface area contributed by atoms with Crippen LogP contribution in [0, 0.1) is 0 Å². The molecule has 230 valence electrons. The molecule has 11 heteroatoms. The van der Waals surface area contributed by atoms with Gasteiger partial charge >= 0.3 is 24.1 Å². The number of halogens is 3. The molecule has 0 bridgehead atoms. The standard InChI is InChI=1S/C34H26F3NO7/c35-34(36,37)23-14-12-21(13-15-23)20-10-8-19(9-11-20)18-38(29-7-3-5-22-4-1-2-6-24(22)29)30(39)25-16-27(32(42)43)28(33(44)45)17-26(25)31(40)41/h1-2,4,6,8-17,29H,3,5,7,18H2,(H,40,41)(H,42,43)(H,44,45). The first kappa shape index (κ1) is 31.0. The molecule has 0 aliphatic heterocycles. The van der Waals surface area contributed by atoms with Crippen LogP contribution in [0.25, 0.3) is 11.1 Å². The van der Waals surface area contributed by atoms with Gasteiger partial charge in [-0.3, -0.25) is 4.79 Å². The summed E-state index contributed by atoms with van der Waals surface area (Å²) in [5, 5.41) is 29.1. The zero-order valence-corrected chi connectivity index (χ0v) is 23.5. The number of carbonyl (C=O) groups is 4. The van der Waals surface area contributed by atoms with Crippen LogP contribution in [0.3, 0.4) is 0 Å². The van der Waals surface area contributed by atoms with E-state index in [0.29, 0.717) is 29.2 Å². The molecule has 4 aromatic rings. The molecule has 0 aromatic heterocycles. The van der Waals surface area contributed by atoms with E-state index in [2.05, 4.69) is 0 Å². The zero-order valence-electron chi connectivity index (χ0n) is 23.5. The number of fused-ring (bicyclic) bond motifs is 1. The topological polar surface area (TPSA) is 132 Å². The molecule has 0 saturated heterocycles. The molecule has 3 N–H and O–H groups in total. The van der Waals surface area contributed by atoms with Crippen molar-refractivity contribution in [1.29, 1.82) is 0 Å². The second-order valence-corrected chi connectivity index (χ2v) is 10.7. The van der Waals surface area contributed by atoms with Gasteiger partial charge in [0.05, 0.1) is 33.9 Å². The van der Waals surface area contributed by atoms with Crippen LogP contribution < -0.4 is 0 Å². The third kappa shape index (κ3) is 6.42. The SMILES string of the molecule is O=C(O)c1cc(C(=O)O)c(C(=O)N(Cc2ccc(-c3ccc(C(F)(F)F)cc3)cc2)C2CCCc3ccccc32)cc1C(=O)O. The minimum atomic E-state index is -4.46. The highest BCUT2D eigenvalue weighted by molar-refractivity contribution is 6.10. The number of hydrogen-bond donors (Lipinski definition) is 3. The average Bonchev–Trinajstić information content (AvgIpc) is 3.02. The van der Waals surface area contributed by atoms with Crippen LogP contribution in [-0.2, 0) is 19.1 Å². The van der Waals surface area contributed by atoms with E-state index in [1.807, 2.05) is 24.3 Å². The Balaban J connectivity index is 1.56. The summed E-state index contributed by atoms with van der Waals surface area (Å²) in [6, 6.07) is 20.0. The number of benzene rings is 4. The summed E-state index contributed by atoms with van der Waals surface area (Å²) in [7, 11) is 0. The molecular formula is C34H26F3NO7. The highest BCUT2D eigenvalue weighted by Gasteiger charge is 2.34. The molecule has 4 aromatic carbocycles. The van der Waals surface area contributed by atoms with Crippen molar-refractivity contribution in [3.63, 3.8) is 0 Å². The number of nitrogens with zero attached hydrogens (tertiary/aromatic N) is 1. The highest BCUT2D eigenvalue weighted by atomic mass is 19.4. The largest absolute Gasteiger partial charge is 0.478 e. The van der Waals surface area contributed by atoms with Crippen LogP contribution in [0.1, 0.15) is 82.6 Å². The van der Waals surface area contributed by atoms with E-state index in [1.54, 1.807) is 24.3 Å². The number of carboxylic acids is 3. The van der Waals surface area contributed by atoms with Gasteiger partial charge in [-0.1, -0.05) is 60.7 Å². The minimum Gasteiger partial charge on any atom is -0.478 e. The van der Waals surface area contributed by atoms with Crippen LogP contribution in [0.15, 0.2) is 84.9 Å². The van der Waals surface area contributed by atoms with Gasteiger partial charge in [-0.05, 0) is 71.3 Å². The van der Waals surface area contributed by atoms with Crippen molar-refractivity contribution in [3.05, 3.63) is 129 Å². The number of carbonyl (C=O) groups excluding carboxylic acids is 1. The Morgan fingerprint density at radius 1 is 0.711 bits per heavy atom. The van der Waals surface area contributed by atoms with E-state index >= 15 is 0 Å². The van der Waals surface area contributed by atoms with Crippen LogP contribution in [-0.4, -0.2) is 44.0 Å². The Morgan fingerprint density at radius 3 is 1.78 bits per heavy atom. The number of alkyl halides is 3. The van der Waals surface area contributed by atoms with Crippen LogP contribution >= 0.6 is 0 Å². The zero-order chi connectivity index (χ0) is 32.5. The number of aromatic carboxylic acids is 3. The van der Waals surface area contributed by atoms with Gasteiger partial charge in [-0.15, -0.1) is 0 Å². The Hall–Kier alpha value is -5.45. The van der Waals surface area contributed by atoms with Crippen molar-refractivity contribution in [3.8, 4) is 11.1 Å². The maximum absolute atomic E-state index is 14.3. The lowest BCUT2D eigenvalue weighted by molar-refractivity contribution is -0.137. The summed E-state index contributed by atoms with van der Waals surface area (Å²) in [6.45, 7) is -0.0206. The normalized spacial score (nSPS) is 14.3. The highest BCUT2D eigenvalue weighted by Crippen LogP contribution is 2.37. The third-order valence-corrected chi connectivity index (χ3v) is 7.91. The number of hydrogen-bond acceptors (Lipinski definition) is 4. The second kappa shape index (κ2) is 12.3. The van der Waals surface area contributed by atoms with Crippen molar-refractivity contribution in [2.45, 2.75) is 38.0 Å². The molecule has 1 atom stereocenters. The molecule has 1 aliphatic rings. The number of aryl methyl sites for hydroxylation is 1. The lowest BCUT2D eigenvalue weighted by Gasteiger charge is -2.36. The lowest BCUT2D eigenvalue weighted by Crippen LogP contribution is -2.37. The average molecular weight is 618 g/mol. The monoisotopic (exact) mass is 617 g/mol. The molecule has 1 amide bonds. The first-order valence-corrected chi connectivity index (χ1v) is 13.9. The van der Waals surface area contributed by atoms with Crippen molar-refractivity contribution in [1.82, 2.24) is 4.90 Å². The summed E-state index contributed by atoms with van der Waals surface area (Å²) in [5.74, 6) is -5.67. The molecule has 0 spiro atoms. The van der Waals surface area contributed by atoms with E-state index in [4.69, 9.17) is 0 Å². The molecular weight excluding hydrogens is 591 g/mol. The Morgan fingerprint density at radius 2 is 1.22 bits per heavy atom. The number of carboxylic acid groups (broad SMARTS) is 3. The second-order valence-electron chi connectivity index (χ2n) is 10.7. The van der Waals surface area contributed by atoms with Gasteiger partial charge in [-0.2, -0.15) is 13.2 Å². The predicted molar refractivity (Wildman–Crippen MR) is 156 cm³/mol. The van der Waals surface area contributed by atoms with E-state index in [-0.39, 0.29) is 6.54 Å².